The van der Waals surface area contributed by atoms with E-state index in [-0.39, 0.29) is 18.2 Å². The van der Waals surface area contributed by atoms with Crippen LogP contribution in [0.25, 0.3) is 0 Å². The molecule has 1 aliphatic carbocycles. The van der Waals surface area contributed by atoms with Crippen LogP contribution in [-0.2, 0) is 23.4 Å². The van der Waals surface area contributed by atoms with Gasteiger partial charge in [0.1, 0.15) is 11.6 Å². The van der Waals surface area contributed by atoms with Gasteiger partial charge in [-0.3, -0.25) is 13.9 Å². The predicted molar refractivity (Wildman–Crippen MR) is 119 cm³/mol. The lowest BCUT2D eigenvalue weighted by atomic mass is 9.91. The zero-order chi connectivity index (χ0) is 23.5. The van der Waals surface area contributed by atoms with Crippen LogP contribution >= 0.6 is 7.37 Å². The van der Waals surface area contributed by atoms with E-state index < -0.39 is 43.3 Å². The quantitative estimate of drug-likeness (QED) is 0.437. The molecule has 9 heteroatoms. The molecule has 32 heavy (non-hydrogen) atoms. The molecule has 0 spiro atoms. The minimum atomic E-state index is -3.53. The van der Waals surface area contributed by atoms with E-state index in [0.717, 1.165) is 32.1 Å². The molecular weight excluding hydrogens is 433 g/mol. The van der Waals surface area contributed by atoms with E-state index in [2.05, 4.69) is 0 Å². The molecule has 2 aliphatic rings. The Kier molecular flexibility index (Phi) is 7.81. The lowest BCUT2D eigenvalue weighted by Gasteiger charge is -2.31. The third-order valence-electron chi connectivity index (χ3n) is 5.76. The second kappa shape index (κ2) is 10.0. The summed E-state index contributed by atoms with van der Waals surface area (Å²) in [5.41, 5.74) is 6.04. The molecule has 1 aromatic carbocycles. The highest BCUT2D eigenvalue weighted by Gasteiger charge is 2.41. The van der Waals surface area contributed by atoms with Crippen molar-refractivity contribution in [2.45, 2.75) is 76.9 Å². The van der Waals surface area contributed by atoms with Gasteiger partial charge in [-0.1, -0.05) is 37.5 Å². The third kappa shape index (κ3) is 6.41. The molecule has 1 saturated carbocycles. The summed E-state index contributed by atoms with van der Waals surface area (Å²) in [6.07, 6.45) is 2.45. The zero-order valence-corrected chi connectivity index (χ0v) is 19.9. The minimum absolute atomic E-state index is 0.173. The Bertz CT molecular complexity index is 875. The van der Waals surface area contributed by atoms with Crippen molar-refractivity contribution >= 4 is 19.3 Å². The summed E-state index contributed by atoms with van der Waals surface area (Å²) in [5.74, 6) is -1.14. The molecule has 1 aliphatic heterocycles. The number of hydrogen-bond acceptors (Lipinski definition) is 8. The number of cyclic esters (lactones) is 1. The first-order valence-electron chi connectivity index (χ1n) is 11.2. The lowest BCUT2D eigenvalue weighted by molar-refractivity contribution is -0.158. The summed E-state index contributed by atoms with van der Waals surface area (Å²) in [6.45, 7) is 5.10. The molecule has 1 fully saturated rings. The average molecular weight is 467 g/mol. The predicted octanol–water partition coefficient (Wildman–Crippen LogP) is 3.76. The van der Waals surface area contributed by atoms with Gasteiger partial charge in [-0.25, -0.2) is 4.79 Å². The van der Waals surface area contributed by atoms with Crippen LogP contribution in [0.15, 0.2) is 24.3 Å². The van der Waals surface area contributed by atoms with Crippen LogP contribution in [0.1, 0.15) is 75.1 Å². The molecule has 1 aromatic rings. The Labute approximate surface area is 189 Å². The van der Waals surface area contributed by atoms with Crippen molar-refractivity contribution in [3.63, 3.8) is 0 Å². The standard InChI is InChI=1S/C23H34NO7P/c1-23(2,3)30-21(27)19(24)18(25)14-32(28,13-15-9-5-4-6-10-15)31-22-17-12-8-7-11-16(17)20(26)29-22/h7-8,11-12,15,18-19,22,25H,4-6,9-10,13-14,24H2,1-3H3/t18-,19?,22?,32?/m0/s1. The zero-order valence-electron chi connectivity index (χ0n) is 19.0. The number of aliphatic hydroxyl groups excluding tert-OH is 1. The largest absolute Gasteiger partial charge is 0.459 e. The molecule has 0 radical (unpaired) electrons. The van der Waals surface area contributed by atoms with Gasteiger partial charge in [-0.05, 0) is 45.6 Å². The van der Waals surface area contributed by atoms with Crippen molar-refractivity contribution in [1.82, 2.24) is 0 Å². The van der Waals surface area contributed by atoms with Crippen molar-refractivity contribution in [2.24, 2.45) is 11.7 Å². The molecule has 4 atom stereocenters. The van der Waals surface area contributed by atoms with Gasteiger partial charge < -0.3 is 20.3 Å². The summed E-state index contributed by atoms with van der Waals surface area (Å²) < 4.78 is 30.5. The Morgan fingerprint density at radius 1 is 1.25 bits per heavy atom. The molecule has 3 rings (SSSR count). The minimum Gasteiger partial charge on any atom is -0.459 e. The van der Waals surface area contributed by atoms with Crippen LogP contribution in [0.2, 0.25) is 0 Å². The highest BCUT2D eigenvalue weighted by Crippen LogP contribution is 2.56. The van der Waals surface area contributed by atoms with Gasteiger partial charge in [0.2, 0.25) is 13.7 Å². The average Bonchev–Trinajstić information content (AvgIpc) is 3.02. The number of carbonyl (C=O) groups is 2. The molecule has 8 nitrogen and oxygen atoms in total. The fourth-order valence-electron chi connectivity index (χ4n) is 4.21. The van der Waals surface area contributed by atoms with E-state index in [1.807, 2.05) is 0 Å². The lowest BCUT2D eigenvalue weighted by Crippen LogP contribution is -2.47. The Balaban J connectivity index is 1.77. The number of esters is 2. The first-order valence-corrected chi connectivity index (χ1v) is 13.2. The first-order chi connectivity index (χ1) is 15.0. The number of aliphatic hydroxyl groups is 1. The summed E-state index contributed by atoms with van der Waals surface area (Å²) in [4.78, 5) is 24.5. The number of ether oxygens (including phenoxy) is 2. The molecular formula is C23H34NO7P. The number of carbonyl (C=O) groups excluding carboxylic acids is 2. The molecule has 0 saturated heterocycles. The van der Waals surface area contributed by atoms with E-state index in [4.69, 9.17) is 19.7 Å². The first kappa shape index (κ1) is 24.9. The molecule has 3 N–H and O–H groups in total. The Morgan fingerprint density at radius 3 is 2.56 bits per heavy atom. The van der Waals surface area contributed by atoms with Gasteiger partial charge in [0.05, 0.1) is 17.8 Å². The molecule has 0 bridgehead atoms. The van der Waals surface area contributed by atoms with Gasteiger partial charge >= 0.3 is 11.9 Å². The number of hydrogen-bond donors (Lipinski definition) is 2. The Hall–Kier alpha value is -1.73. The van der Waals surface area contributed by atoms with Gasteiger partial charge in [0.25, 0.3) is 0 Å². The summed E-state index contributed by atoms with van der Waals surface area (Å²) in [6, 6.07) is 5.42. The van der Waals surface area contributed by atoms with E-state index >= 15 is 0 Å². The van der Waals surface area contributed by atoms with Crippen LogP contribution in [-0.4, -0.2) is 47.1 Å². The molecule has 178 valence electrons. The van der Waals surface area contributed by atoms with Gasteiger partial charge in [0, 0.05) is 11.7 Å². The smallest absolute Gasteiger partial charge is 0.341 e. The monoisotopic (exact) mass is 467 g/mol. The topological polar surface area (TPSA) is 125 Å². The van der Waals surface area contributed by atoms with Gasteiger partial charge in [-0.15, -0.1) is 0 Å². The summed E-state index contributed by atoms with van der Waals surface area (Å²) in [7, 11) is -3.53. The van der Waals surface area contributed by atoms with Crippen molar-refractivity contribution < 1.29 is 33.3 Å². The van der Waals surface area contributed by atoms with Gasteiger partial charge in [0.15, 0.2) is 0 Å². The number of fused-ring (bicyclic) bond motifs is 1. The highest BCUT2D eigenvalue weighted by molar-refractivity contribution is 7.59. The van der Waals surface area contributed by atoms with Crippen molar-refractivity contribution in [3.8, 4) is 0 Å². The molecule has 0 aromatic heterocycles. The maximum Gasteiger partial charge on any atom is 0.341 e. The van der Waals surface area contributed by atoms with E-state index in [1.54, 1.807) is 45.0 Å². The van der Waals surface area contributed by atoms with Crippen molar-refractivity contribution in [2.75, 3.05) is 12.3 Å². The number of benzene rings is 1. The van der Waals surface area contributed by atoms with E-state index in [1.165, 1.54) is 0 Å². The normalized spacial score (nSPS) is 23.0. The SMILES string of the molecule is CC(C)(C)OC(=O)C(N)[C@@H](O)CP(=O)(CC1CCCCC1)OC1OC(=O)c2ccccc21. The summed E-state index contributed by atoms with van der Waals surface area (Å²) in [5, 5.41) is 10.7. The molecule has 3 unspecified atom stereocenters. The fraction of sp³-hybridized carbons (Fsp3) is 0.652. The van der Waals surface area contributed by atoms with Crippen molar-refractivity contribution in [3.05, 3.63) is 35.4 Å². The number of nitrogens with two attached hydrogens (primary N) is 1. The summed E-state index contributed by atoms with van der Waals surface area (Å²) >= 11 is 0. The van der Waals surface area contributed by atoms with Gasteiger partial charge in [-0.2, -0.15) is 0 Å². The third-order valence-corrected chi connectivity index (χ3v) is 8.34. The van der Waals surface area contributed by atoms with Crippen LogP contribution in [0.5, 0.6) is 0 Å². The second-order valence-electron chi connectivity index (χ2n) is 9.74. The maximum absolute atomic E-state index is 14.0. The molecule has 1 heterocycles. The van der Waals surface area contributed by atoms with E-state index in [9.17, 15) is 19.3 Å². The fourth-order valence-corrected chi connectivity index (χ4v) is 6.99. The van der Waals surface area contributed by atoms with Crippen LogP contribution in [0.3, 0.4) is 0 Å². The van der Waals surface area contributed by atoms with E-state index in [0.29, 0.717) is 11.1 Å². The van der Waals surface area contributed by atoms with Crippen molar-refractivity contribution in [1.29, 1.82) is 0 Å². The van der Waals surface area contributed by atoms with Crippen LogP contribution in [0, 0.1) is 5.92 Å². The Morgan fingerprint density at radius 2 is 1.91 bits per heavy atom. The number of rotatable bonds is 8. The van der Waals surface area contributed by atoms with Crippen LogP contribution in [0.4, 0.5) is 0 Å². The maximum atomic E-state index is 14.0. The molecule has 0 amide bonds. The van der Waals surface area contributed by atoms with Crippen LogP contribution < -0.4 is 5.73 Å². The highest BCUT2D eigenvalue weighted by atomic mass is 31.2. The second-order valence-corrected chi connectivity index (χ2v) is 12.3.